The minimum Gasteiger partial charge on any atom is -0.491 e. The van der Waals surface area contributed by atoms with Crippen LogP contribution in [0.1, 0.15) is 37.0 Å². The van der Waals surface area contributed by atoms with E-state index in [0.29, 0.717) is 36.0 Å². The lowest BCUT2D eigenvalue weighted by Gasteiger charge is -2.13. The zero-order valence-corrected chi connectivity index (χ0v) is 14.9. The smallest absolute Gasteiger partial charge is 0.255 e. The number of carbonyl (C=O) groups excluding carboxylic acids is 1. The van der Waals surface area contributed by atoms with Crippen LogP contribution < -0.4 is 14.8 Å². The quantitative estimate of drug-likeness (QED) is 0.512. The number of nitrogens with one attached hydrogen (secondary N) is 1. The van der Waals surface area contributed by atoms with E-state index in [1.165, 1.54) is 0 Å². The summed E-state index contributed by atoms with van der Waals surface area (Å²) >= 11 is 0. The first kappa shape index (κ1) is 18.6. The summed E-state index contributed by atoms with van der Waals surface area (Å²) in [6, 6.07) is 14.5. The van der Waals surface area contributed by atoms with Crippen LogP contribution in [0.25, 0.3) is 0 Å². The van der Waals surface area contributed by atoms with Gasteiger partial charge in [-0.25, -0.2) is 0 Å². The highest BCUT2D eigenvalue weighted by Gasteiger charge is 2.10. The van der Waals surface area contributed by atoms with Crippen LogP contribution >= 0.6 is 0 Å². The highest BCUT2D eigenvalue weighted by molar-refractivity contribution is 6.05. The van der Waals surface area contributed by atoms with Gasteiger partial charge in [-0.3, -0.25) is 4.79 Å². The third kappa shape index (κ3) is 5.99. The molecule has 0 aliphatic heterocycles. The standard InChI is InChI=1S/C21H25NO3/c1-4-5-13-24-20-12-7-6-11-19(20)22-21(23)17-9-8-10-18(14-17)25-15-16(2)3/h6-12,14H,2,4-5,13,15H2,1,3H3,(H,22,23). The van der Waals surface area contributed by atoms with E-state index in [9.17, 15) is 4.79 Å². The lowest BCUT2D eigenvalue weighted by molar-refractivity contribution is 0.102. The number of unbranched alkanes of at least 4 members (excludes halogenated alkanes) is 1. The molecule has 4 nitrogen and oxygen atoms in total. The van der Waals surface area contributed by atoms with E-state index in [2.05, 4.69) is 18.8 Å². The van der Waals surface area contributed by atoms with Crippen molar-refractivity contribution < 1.29 is 14.3 Å². The average molecular weight is 339 g/mol. The molecule has 132 valence electrons. The molecule has 2 rings (SSSR count). The Balaban J connectivity index is 2.07. The molecule has 2 aromatic rings. The largest absolute Gasteiger partial charge is 0.491 e. The summed E-state index contributed by atoms with van der Waals surface area (Å²) < 4.78 is 11.3. The molecule has 0 saturated carbocycles. The van der Waals surface area contributed by atoms with Crippen LogP contribution in [0.4, 0.5) is 5.69 Å². The van der Waals surface area contributed by atoms with E-state index in [4.69, 9.17) is 9.47 Å². The van der Waals surface area contributed by atoms with Crippen molar-refractivity contribution in [2.75, 3.05) is 18.5 Å². The first-order valence-corrected chi connectivity index (χ1v) is 8.50. The van der Waals surface area contributed by atoms with Gasteiger partial charge in [0.15, 0.2) is 0 Å². The second kappa shape index (κ2) is 9.52. The Labute approximate surface area is 149 Å². The molecule has 0 radical (unpaired) electrons. The van der Waals surface area contributed by atoms with Crippen LogP contribution in [0.3, 0.4) is 0 Å². The summed E-state index contributed by atoms with van der Waals surface area (Å²) in [6.07, 6.45) is 2.04. The minimum atomic E-state index is -0.202. The topological polar surface area (TPSA) is 47.6 Å². The van der Waals surface area contributed by atoms with Crippen molar-refractivity contribution in [3.63, 3.8) is 0 Å². The predicted molar refractivity (Wildman–Crippen MR) is 102 cm³/mol. The second-order valence-corrected chi connectivity index (χ2v) is 5.93. The normalized spacial score (nSPS) is 10.2. The van der Waals surface area contributed by atoms with Crippen molar-refractivity contribution in [1.82, 2.24) is 0 Å². The van der Waals surface area contributed by atoms with Gasteiger partial charge in [-0.2, -0.15) is 0 Å². The zero-order chi connectivity index (χ0) is 18.1. The van der Waals surface area contributed by atoms with E-state index in [0.717, 1.165) is 18.4 Å². The zero-order valence-electron chi connectivity index (χ0n) is 14.9. The fourth-order valence-corrected chi connectivity index (χ4v) is 2.15. The van der Waals surface area contributed by atoms with E-state index < -0.39 is 0 Å². The number of hydrogen-bond donors (Lipinski definition) is 1. The van der Waals surface area contributed by atoms with Crippen LogP contribution in [-0.4, -0.2) is 19.1 Å². The fourth-order valence-electron chi connectivity index (χ4n) is 2.15. The molecule has 25 heavy (non-hydrogen) atoms. The molecule has 2 aromatic carbocycles. The van der Waals surface area contributed by atoms with Crippen LogP contribution in [0.2, 0.25) is 0 Å². The maximum atomic E-state index is 12.5. The molecule has 0 atom stereocenters. The Morgan fingerprint density at radius 1 is 1.12 bits per heavy atom. The minimum absolute atomic E-state index is 0.202. The van der Waals surface area contributed by atoms with Gasteiger partial charge in [-0.1, -0.05) is 38.1 Å². The number of ether oxygens (including phenoxy) is 2. The van der Waals surface area contributed by atoms with Gasteiger partial charge in [0, 0.05) is 5.56 Å². The molecule has 0 aliphatic carbocycles. The maximum Gasteiger partial charge on any atom is 0.255 e. The summed E-state index contributed by atoms with van der Waals surface area (Å²) in [5, 5.41) is 2.91. The number of benzene rings is 2. The molecule has 0 aliphatic rings. The Bertz CT molecular complexity index is 725. The van der Waals surface area contributed by atoms with Gasteiger partial charge in [0.2, 0.25) is 0 Å². The molecule has 1 N–H and O–H groups in total. The Hall–Kier alpha value is -2.75. The third-order valence-electron chi connectivity index (χ3n) is 3.47. The van der Waals surface area contributed by atoms with Crippen LogP contribution in [-0.2, 0) is 0 Å². The van der Waals surface area contributed by atoms with Crippen molar-refractivity contribution in [1.29, 1.82) is 0 Å². The van der Waals surface area contributed by atoms with Crippen LogP contribution in [0.5, 0.6) is 11.5 Å². The number of anilines is 1. The SMILES string of the molecule is C=C(C)COc1cccc(C(=O)Nc2ccccc2OCCCC)c1. The van der Waals surface area contributed by atoms with E-state index in [1.807, 2.05) is 37.3 Å². The Morgan fingerprint density at radius 3 is 2.68 bits per heavy atom. The molecule has 0 fully saturated rings. The molecular formula is C21H25NO3. The van der Waals surface area contributed by atoms with Gasteiger partial charge in [0.25, 0.3) is 5.91 Å². The molecule has 0 heterocycles. The monoisotopic (exact) mass is 339 g/mol. The molecule has 0 aromatic heterocycles. The van der Waals surface area contributed by atoms with E-state index >= 15 is 0 Å². The number of carbonyl (C=O) groups is 1. The van der Waals surface area contributed by atoms with Crippen LogP contribution in [0, 0.1) is 0 Å². The van der Waals surface area contributed by atoms with Gasteiger partial charge in [-0.05, 0) is 49.2 Å². The summed E-state index contributed by atoms with van der Waals surface area (Å²) in [5.74, 6) is 1.12. The first-order chi connectivity index (χ1) is 12.1. The second-order valence-electron chi connectivity index (χ2n) is 5.93. The van der Waals surface area contributed by atoms with Gasteiger partial charge in [0.05, 0.1) is 12.3 Å². The summed E-state index contributed by atoms with van der Waals surface area (Å²) in [4.78, 5) is 12.5. The van der Waals surface area contributed by atoms with Crippen LogP contribution in [0.15, 0.2) is 60.7 Å². The van der Waals surface area contributed by atoms with Crippen molar-refractivity contribution in [2.45, 2.75) is 26.7 Å². The molecule has 0 bridgehead atoms. The Kier molecular flexibility index (Phi) is 7.08. The van der Waals surface area contributed by atoms with Gasteiger partial charge in [-0.15, -0.1) is 0 Å². The summed E-state index contributed by atoms with van der Waals surface area (Å²) in [7, 11) is 0. The van der Waals surface area contributed by atoms with E-state index in [-0.39, 0.29) is 5.91 Å². The number of rotatable bonds is 9. The van der Waals surface area contributed by atoms with Crippen molar-refractivity contribution >= 4 is 11.6 Å². The fraction of sp³-hybridized carbons (Fsp3) is 0.286. The lowest BCUT2D eigenvalue weighted by Crippen LogP contribution is -2.13. The number of hydrogen-bond acceptors (Lipinski definition) is 3. The third-order valence-corrected chi connectivity index (χ3v) is 3.47. The molecule has 0 spiro atoms. The average Bonchev–Trinajstić information content (AvgIpc) is 2.62. The lowest BCUT2D eigenvalue weighted by atomic mass is 10.2. The Morgan fingerprint density at radius 2 is 1.92 bits per heavy atom. The number of para-hydroxylation sites is 2. The summed E-state index contributed by atoms with van der Waals surface area (Å²) in [6.45, 7) is 8.87. The molecule has 0 saturated heterocycles. The molecule has 0 unspecified atom stereocenters. The predicted octanol–water partition coefficient (Wildman–Crippen LogP) is 5.07. The molecule has 1 amide bonds. The maximum absolute atomic E-state index is 12.5. The van der Waals surface area contributed by atoms with E-state index in [1.54, 1.807) is 18.2 Å². The van der Waals surface area contributed by atoms with Crippen molar-refractivity contribution in [3.8, 4) is 11.5 Å². The van der Waals surface area contributed by atoms with Crippen molar-refractivity contribution in [2.24, 2.45) is 0 Å². The van der Waals surface area contributed by atoms with Gasteiger partial charge in [0.1, 0.15) is 18.1 Å². The van der Waals surface area contributed by atoms with Gasteiger partial charge < -0.3 is 14.8 Å². The summed E-state index contributed by atoms with van der Waals surface area (Å²) in [5.41, 5.74) is 2.12. The molecular weight excluding hydrogens is 314 g/mol. The van der Waals surface area contributed by atoms with Gasteiger partial charge >= 0.3 is 0 Å². The van der Waals surface area contributed by atoms with Crippen molar-refractivity contribution in [3.05, 3.63) is 66.2 Å². The first-order valence-electron chi connectivity index (χ1n) is 8.50. The molecule has 4 heteroatoms. The highest BCUT2D eigenvalue weighted by Crippen LogP contribution is 2.25. The number of amides is 1. The highest BCUT2D eigenvalue weighted by atomic mass is 16.5.